The highest BCUT2D eigenvalue weighted by Gasteiger charge is 2.43. The molecule has 1 saturated carbocycles. The van der Waals surface area contributed by atoms with Gasteiger partial charge in [-0.2, -0.15) is 0 Å². The Balaban J connectivity index is 1.25. The minimum Gasteiger partial charge on any atom is -0.357 e. The number of thioether (sulfide) groups is 1. The lowest BCUT2D eigenvalue weighted by Crippen LogP contribution is -2.40. The molecule has 1 saturated heterocycles. The summed E-state index contributed by atoms with van der Waals surface area (Å²) >= 11 is 1.98. The van der Waals surface area contributed by atoms with Gasteiger partial charge in [0.1, 0.15) is 5.82 Å². The molecule has 6 heteroatoms. The van der Waals surface area contributed by atoms with Crippen LogP contribution in [0, 0.1) is 0 Å². The third-order valence-electron chi connectivity index (χ3n) is 5.39. The Kier molecular flexibility index (Phi) is 6.05. The molecular formula is C22H29N5S. The predicted octanol–water partition coefficient (Wildman–Crippen LogP) is 3.67. The number of aliphatic imine (C=N–C) groups is 1. The molecule has 1 aromatic heterocycles. The van der Waals surface area contributed by atoms with Gasteiger partial charge in [0, 0.05) is 49.1 Å². The quantitative estimate of drug-likeness (QED) is 0.553. The first-order chi connectivity index (χ1) is 13.8. The molecule has 4 rings (SSSR count). The molecule has 0 unspecified atom stereocenters. The van der Waals surface area contributed by atoms with E-state index in [1.807, 2.05) is 25.0 Å². The number of pyridine rings is 1. The third kappa shape index (κ3) is 4.98. The van der Waals surface area contributed by atoms with Crippen LogP contribution in [0.4, 0.5) is 5.82 Å². The van der Waals surface area contributed by atoms with Gasteiger partial charge in [-0.1, -0.05) is 24.3 Å². The monoisotopic (exact) mass is 395 g/mol. The van der Waals surface area contributed by atoms with E-state index in [1.165, 1.54) is 36.1 Å². The number of guanidine groups is 1. The summed E-state index contributed by atoms with van der Waals surface area (Å²) in [4.78, 5) is 12.7. The van der Waals surface area contributed by atoms with Gasteiger partial charge in [0.05, 0.1) is 0 Å². The first-order valence-electron chi connectivity index (χ1n) is 10.1. The fraction of sp³-hybridized carbons (Fsp3) is 0.455. The highest BCUT2D eigenvalue weighted by atomic mass is 32.2. The van der Waals surface area contributed by atoms with Gasteiger partial charge in [0.15, 0.2) is 5.96 Å². The number of nitrogens with one attached hydrogen (secondary N) is 2. The van der Waals surface area contributed by atoms with Crippen molar-refractivity contribution in [3.63, 3.8) is 0 Å². The summed E-state index contributed by atoms with van der Waals surface area (Å²) in [5.74, 6) is 1.95. The number of hydrogen-bond donors (Lipinski definition) is 2. The molecule has 2 N–H and O–H groups in total. The molecule has 2 aliphatic rings. The van der Waals surface area contributed by atoms with Gasteiger partial charge in [-0.05, 0) is 49.4 Å². The van der Waals surface area contributed by atoms with Crippen LogP contribution in [0.2, 0.25) is 0 Å². The minimum absolute atomic E-state index is 0.303. The van der Waals surface area contributed by atoms with Gasteiger partial charge in [-0.3, -0.25) is 4.99 Å². The Labute approximate surface area is 172 Å². The van der Waals surface area contributed by atoms with Gasteiger partial charge in [-0.25, -0.2) is 4.98 Å². The molecule has 0 amide bonds. The van der Waals surface area contributed by atoms with Gasteiger partial charge in [0.25, 0.3) is 0 Å². The predicted molar refractivity (Wildman–Crippen MR) is 118 cm³/mol. The van der Waals surface area contributed by atoms with Crippen LogP contribution in [0.1, 0.15) is 31.2 Å². The molecule has 1 aliphatic heterocycles. The number of benzene rings is 1. The number of hydrogen-bond acceptors (Lipinski definition) is 4. The first-order valence-corrected chi connectivity index (χ1v) is 11.0. The molecule has 28 heavy (non-hydrogen) atoms. The summed E-state index contributed by atoms with van der Waals surface area (Å²) in [6, 6.07) is 15.0. The molecule has 5 nitrogen and oxygen atoms in total. The summed E-state index contributed by atoms with van der Waals surface area (Å²) < 4.78 is 0.303. The van der Waals surface area contributed by atoms with Gasteiger partial charge < -0.3 is 15.5 Å². The van der Waals surface area contributed by atoms with Gasteiger partial charge in [-0.15, -0.1) is 11.8 Å². The Morgan fingerprint density at radius 1 is 1.11 bits per heavy atom. The maximum Gasteiger partial charge on any atom is 0.191 e. The van der Waals surface area contributed by atoms with Crippen molar-refractivity contribution >= 4 is 23.5 Å². The highest BCUT2D eigenvalue weighted by molar-refractivity contribution is 8.01. The summed E-state index contributed by atoms with van der Waals surface area (Å²) in [7, 11) is 1.83. The van der Waals surface area contributed by atoms with Crippen molar-refractivity contribution in [1.82, 2.24) is 15.6 Å². The summed E-state index contributed by atoms with van der Waals surface area (Å²) in [5.41, 5.74) is 1.17. The molecular weight excluding hydrogens is 366 g/mol. The Bertz CT molecular complexity index is 780. The van der Waals surface area contributed by atoms with E-state index in [1.54, 1.807) is 0 Å². The number of anilines is 1. The van der Waals surface area contributed by atoms with Crippen molar-refractivity contribution in [2.24, 2.45) is 4.99 Å². The maximum absolute atomic E-state index is 4.63. The zero-order valence-corrected chi connectivity index (χ0v) is 17.3. The molecule has 2 heterocycles. The van der Waals surface area contributed by atoms with E-state index in [4.69, 9.17) is 0 Å². The standard InChI is InChI=1S/C22H29N5S/c1-23-21(26-17-22(11-12-22)28-19-7-3-2-4-8-19)25-16-18-9-10-20(24-15-18)27-13-5-6-14-27/h2-4,7-10,15H,5-6,11-14,16-17H2,1H3,(H2,23,25,26). The van der Waals surface area contributed by atoms with Crippen LogP contribution in [-0.2, 0) is 6.54 Å². The minimum atomic E-state index is 0.303. The molecule has 0 radical (unpaired) electrons. The second kappa shape index (κ2) is 8.86. The summed E-state index contributed by atoms with van der Waals surface area (Å²) in [5, 5.41) is 6.92. The van der Waals surface area contributed by atoms with Crippen molar-refractivity contribution in [3.8, 4) is 0 Å². The van der Waals surface area contributed by atoms with Crippen LogP contribution in [0.15, 0.2) is 58.5 Å². The smallest absolute Gasteiger partial charge is 0.191 e. The zero-order chi connectivity index (χ0) is 19.2. The van der Waals surface area contributed by atoms with E-state index >= 15 is 0 Å². The Hall–Kier alpha value is -2.21. The van der Waals surface area contributed by atoms with Gasteiger partial charge >= 0.3 is 0 Å². The van der Waals surface area contributed by atoms with E-state index in [2.05, 4.69) is 68.0 Å². The first kappa shape index (κ1) is 19.1. The zero-order valence-electron chi connectivity index (χ0n) is 16.5. The number of rotatable bonds is 7. The van der Waals surface area contributed by atoms with E-state index in [-0.39, 0.29) is 0 Å². The normalized spacial score (nSPS) is 18.2. The fourth-order valence-electron chi connectivity index (χ4n) is 3.50. The van der Waals surface area contributed by atoms with Crippen molar-refractivity contribution in [2.45, 2.75) is 41.9 Å². The molecule has 148 valence electrons. The maximum atomic E-state index is 4.63. The van der Waals surface area contributed by atoms with E-state index in [0.29, 0.717) is 4.75 Å². The molecule has 2 fully saturated rings. The summed E-state index contributed by atoms with van der Waals surface area (Å²) in [6.07, 6.45) is 7.02. The lowest BCUT2D eigenvalue weighted by atomic mass is 10.3. The van der Waals surface area contributed by atoms with Crippen LogP contribution < -0.4 is 15.5 Å². The van der Waals surface area contributed by atoms with Crippen LogP contribution in [0.25, 0.3) is 0 Å². The second-order valence-corrected chi connectivity index (χ2v) is 9.14. The van der Waals surface area contributed by atoms with Crippen LogP contribution >= 0.6 is 11.8 Å². The Morgan fingerprint density at radius 3 is 2.54 bits per heavy atom. The highest BCUT2D eigenvalue weighted by Crippen LogP contribution is 2.51. The van der Waals surface area contributed by atoms with Crippen molar-refractivity contribution in [1.29, 1.82) is 0 Å². The van der Waals surface area contributed by atoms with Crippen molar-refractivity contribution in [3.05, 3.63) is 54.2 Å². The Morgan fingerprint density at radius 2 is 1.89 bits per heavy atom. The van der Waals surface area contributed by atoms with E-state index in [0.717, 1.165) is 38.0 Å². The van der Waals surface area contributed by atoms with Crippen molar-refractivity contribution < 1.29 is 0 Å². The fourth-order valence-corrected chi connectivity index (χ4v) is 4.74. The molecule has 0 spiro atoms. The lowest BCUT2D eigenvalue weighted by Gasteiger charge is -2.19. The van der Waals surface area contributed by atoms with E-state index in [9.17, 15) is 0 Å². The number of nitrogens with zero attached hydrogens (tertiary/aromatic N) is 3. The van der Waals surface area contributed by atoms with Crippen molar-refractivity contribution in [2.75, 3.05) is 31.6 Å². The molecule has 1 aromatic carbocycles. The van der Waals surface area contributed by atoms with Crippen LogP contribution in [0.5, 0.6) is 0 Å². The summed E-state index contributed by atoms with van der Waals surface area (Å²) in [6.45, 7) is 3.91. The topological polar surface area (TPSA) is 52.6 Å². The molecule has 2 aromatic rings. The lowest BCUT2D eigenvalue weighted by molar-refractivity contribution is 0.765. The molecule has 0 bridgehead atoms. The number of aromatic nitrogens is 1. The average molecular weight is 396 g/mol. The molecule has 0 atom stereocenters. The largest absolute Gasteiger partial charge is 0.357 e. The van der Waals surface area contributed by atoms with Crippen LogP contribution in [0.3, 0.4) is 0 Å². The van der Waals surface area contributed by atoms with E-state index < -0.39 is 0 Å². The molecule has 1 aliphatic carbocycles. The SMILES string of the molecule is CN=C(NCc1ccc(N2CCCC2)nc1)NCC1(Sc2ccccc2)CC1. The second-order valence-electron chi connectivity index (χ2n) is 7.60. The van der Waals surface area contributed by atoms with Gasteiger partial charge in [0.2, 0.25) is 0 Å². The van der Waals surface area contributed by atoms with Crippen LogP contribution in [-0.4, -0.2) is 42.4 Å². The average Bonchev–Trinajstić information content (AvgIpc) is 3.27. The third-order valence-corrected chi connectivity index (χ3v) is 6.88.